The first-order valence-electron chi connectivity index (χ1n) is 9.78. The van der Waals surface area contributed by atoms with Crippen molar-refractivity contribution in [2.45, 2.75) is 25.6 Å². The number of carbonyl (C=O) groups excluding carboxylic acids is 1. The molecule has 1 fully saturated rings. The predicted molar refractivity (Wildman–Crippen MR) is 114 cm³/mol. The van der Waals surface area contributed by atoms with Crippen LogP contribution in [-0.4, -0.2) is 57.6 Å². The van der Waals surface area contributed by atoms with Gasteiger partial charge in [-0.3, -0.25) is 14.3 Å². The molecular formula is C21H20ClFN4O4. The predicted octanol–water partition coefficient (Wildman–Crippen LogP) is 2.52. The standard InChI is InChI=1S/C21H20ClFN4O4/c1-2-31-21(30)15-10-27(19-8-24-3-4-25-19)17-7-18(16(22)6-14(17)20(15)29)26-9-12(23)5-13(26)11-28/h3-4,6-8,10,12-13,28H,2,5,9,11H2,1H3/t12-,13-/m0/s1. The van der Waals surface area contributed by atoms with Crippen molar-refractivity contribution in [1.82, 2.24) is 14.5 Å². The molecule has 162 valence electrons. The van der Waals surface area contributed by atoms with Crippen molar-refractivity contribution in [3.05, 3.63) is 57.7 Å². The Morgan fingerprint density at radius 2 is 2.19 bits per heavy atom. The van der Waals surface area contributed by atoms with Gasteiger partial charge in [0.1, 0.15) is 11.7 Å². The van der Waals surface area contributed by atoms with Crippen molar-refractivity contribution in [1.29, 1.82) is 0 Å². The van der Waals surface area contributed by atoms with Crippen LogP contribution in [0.3, 0.4) is 0 Å². The van der Waals surface area contributed by atoms with E-state index in [2.05, 4.69) is 9.97 Å². The summed E-state index contributed by atoms with van der Waals surface area (Å²) in [5.74, 6) is -0.387. The second-order valence-corrected chi connectivity index (χ2v) is 7.58. The molecule has 0 saturated carbocycles. The molecule has 0 bridgehead atoms. The first-order valence-corrected chi connectivity index (χ1v) is 10.2. The van der Waals surface area contributed by atoms with Crippen molar-refractivity contribution < 1.29 is 19.0 Å². The topological polar surface area (TPSA) is 97.6 Å². The lowest BCUT2D eigenvalue weighted by Crippen LogP contribution is -2.32. The van der Waals surface area contributed by atoms with E-state index in [9.17, 15) is 19.1 Å². The van der Waals surface area contributed by atoms with Crippen LogP contribution in [0.25, 0.3) is 16.7 Å². The molecule has 0 radical (unpaired) electrons. The smallest absolute Gasteiger partial charge is 0.343 e. The third-order valence-electron chi connectivity index (χ3n) is 5.25. The lowest BCUT2D eigenvalue weighted by atomic mass is 10.1. The molecule has 3 aromatic rings. The van der Waals surface area contributed by atoms with E-state index >= 15 is 0 Å². The Labute approximate surface area is 181 Å². The average Bonchev–Trinajstić information content (AvgIpc) is 3.15. The Kier molecular flexibility index (Phi) is 5.88. The molecule has 0 aliphatic carbocycles. The van der Waals surface area contributed by atoms with Crippen molar-refractivity contribution in [3.8, 4) is 5.82 Å². The second kappa shape index (κ2) is 8.60. The summed E-state index contributed by atoms with van der Waals surface area (Å²) in [7, 11) is 0. The number of hydrogen-bond acceptors (Lipinski definition) is 7. The molecule has 31 heavy (non-hydrogen) atoms. The minimum atomic E-state index is -1.10. The number of rotatable bonds is 5. The van der Waals surface area contributed by atoms with Crippen LogP contribution in [0.2, 0.25) is 5.02 Å². The zero-order valence-corrected chi connectivity index (χ0v) is 17.4. The number of nitrogens with zero attached hydrogens (tertiary/aromatic N) is 4. The maximum atomic E-state index is 14.0. The fourth-order valence-electron chi connectivity index (χ4n) is 3.84. The average molecular weight is 447 g/mol. The van der Waals surface area contributed by atoms with Crippen LogP contribution in [0, 0.1) is 0 Å². The van der Waals surface area contributed by atoms with Crippen molar-refractivity contribution >= 4 is 34.2 Å². The Bertz CT molecular complexity index is 1190. The minimum Gasteiger partial charge on any atom is -0.462 e. The lowest BCUT2D eigenvalue weighted by Gasteiger charge is -2.26. The molecular weight excluding hydrogens is 427 g/mol. The highest BCUT2D eigenvalue weighted by atomic mass is 35.5. The largest absolute Gasteiger partial charge is 0.462 e. The summed E-state index contributed by atoms with van der Waals surface area (Å²) < 4.78 is 20.6. The molecule has 1 aliphatic rings. The number of benzene rings is 1. The molecule has 1 aromatic carbocycles. The van der Waals surface area contributed by atoms with E-state index in [-0.39, 0.29) is 42.2 Å². The normalized spacial score (nSPS) is 18.5. The van der Waals surface area contributed by atoms with E-state index in [0.29, 0.717) is 17.0 Å². The minimum absolute atomic E-state index is 0.0761. The Hall–Kier alpha value is -3.04. The van der Waals surface area contributed by atoms with E-state index in [4.69, 9.17) is 16.3 Å². The lowest BCUT2D eigenvalue weighted by molar-refractivity contribution is 0.0524. The maximum Gasteiger partial charge on any atom is 0.343 e. The van der Waals surface area contributed by atoms with Gasteiger partial charge in [0.05, 0.1) is 41.7 Å². The molecule has 1 saturated heterocycles. The zero-order valence-electron chi connectivity index (χ0n) is 16.7. The third kappa shape index (κ3) is 3.86. The van der Waals surface area contributed by atoms with Gasteiger partial charge in [-0.25, -0.2) is 14.2 Å². The number of alkyl halides is 1. The molecule has 0 amide bonds. The van der Waals surface area contributed by atoms with Crippen molar-refractivity contribution in [2.24, 2.45) is 0 Å². The summed E-state index contributed by atoms with van der Waals surface area (Å²) in [5.41, 5.74) is 0.193. The number of anilines is 1. The summed E-state index contributed by atoms with van der Waals surface area (Å²) in [4.78, 5) is 35.5. The van der Waals surface area contributed by atoms with E-state index < -0.39 is 23.6 Å². The molecule has 8 nitrogen and oxygen atoms in total. The fourth-order valence-corrected chi connectivity index (χ4v) is 4.11. The van der Waals surface area contributed by atoms with Gasteiger partial charge in [-0.15, -0.1) is 0 Å². The highest BCUT2D eigenvalue weighted by Crippen LogP contribution is 2.36. The Morgan fingerprint density at radius 3 is 2.87 bits per heavy atom. The van der Waals surface area contributed by atoms with Crippen LogP contribution >= 0.6 is 11.6 Å². The van der Waals surface area contributed by atoms with Gasteiger partial charge in [-0.05, 0) is 19.1 Å². The first kappa shape index (κ1) is 21.2. The van der Waals surface area contributed by atoms with Gasteiger partial charge in [0.15, 0.2) is 5.82 Å². The molecule has 2 aromatic heterocycles. The van der Waals surface area contributed by atoms with Crippen LogP contribution in [0.1, 0.15) is 23.7 Å². The van der Waals surface area contributed by atoms with Gasteiger partial charge in [0.25, 0.3) is 0 Å². The summed E-state index contributed by atoms with van der Waals surface area (Å²) in [6, 6.07) is 2.66. The van der Waals surface area contributed by atoms with Crippen LogP contribution in [0.15, 0.2) is 41.7 Å². The molecule has 1 aliphatic heterocycles. The number of carbonyl (C=O) groups is 1. The Morgan fingerprint density at radius 1 is 1.39 bits per heavy atom. The molecule has 10 heteroatoms. The zero-order chi connectivity index (χ0) is 22.1. The summed E-state index contributed by atoms with van der Waals surface area (Å²) in [5, 5.41) is 10.1. The fraction of sp³-hybridized carbons (Fsp3) is 0.333. The van der Waals surface area contributed by atoms with Gasteiger partial charge >= 0.3 is 5.97 Å². The number of ether oxygens (including phenoxy) is 1. The maximum absolute atomic E-state index is 14.0. The quantitative estimate of drug-likeness (QED) is 0.601. The van der Waals surface area contributed by atoms with Gasteiger partial charge < -0.3 is 14.7 Å². The van der Waals surface area contributed by atoms with Crippen molar-refractivity contribution in [3.63, 3.8) is 0 Å². The van der Waals surface area contributed by atoms with Crippen LogP contribution in [-0.2, 0) is 4.74 Å². The van der Waals surface area contributed by atoms with Gasteiger partial charge in [0, 0.05) is 36.9 Å². The van der Waals surface area contributed by atoms with Crippen molar-refractivity contribution in [2.75, 3.05) is 24.7 Å². The second-order valence-electron chi connectivity index (χ2n) is 7.17. The highest BCUT2D eigenvalue weighted by Gasteiger charge is 2.33. The number of halogens is 2. The number of aromatic nitrogens is 3. The number of aliphatic hydroxyl groups excluding tert-OH is 1. The van der Waals surface area contributed by atoms with Crippen LogP contribution in [0.5, 0.6) is 0 Å². The summed E-state index contributed by atoms with van der Waals surface area (Å²) >= 11 is 6.48. The summed E-state index contributed by atoms with van der Waals surface area (Å²) in [6.07, 6.45) is 4.91. The monoisotopic (exact) mass is 446 g/mol. The number of aliphatic hydroxyl groups is 1. The molecule has 3 heterocycles. The van der Waals surface area contributed by atoms with E-state index in [1.54, 1.807) is 22.5 Å². The highest BCUT2D eigenvalue weighted by molar-refractivity contribution is 6.34. The van der Waals surface area contributed by atoms with E-state index in [1.807, 2.05) is 0 Å². The van der Waals surface area contributed by atoms with Crippen LogP contribution in [0.4, 0.5) is 10.1 Å². The van der Waals surface area contributed by atoms with E-state index in [1.165, 1.54) is 30.9 Å². The molecule has 2 atom stereocenters. The first-order chi connectivity index (χ1) is 14.9. The summed E-state index contributed by atoms with van der Waals surface area (Å²) in [6.45, 7) is 1.61. The molecule has 0 spiro atoms. The Balaban J connectivity index is 1.99. The number of pyridine rings is 1. The molecule has 0 unspecified atom stereocenters. The van der Waals surface area contributed by atoms with Gasteiger partial charge in [-0.1, -0.05) is 11.6 Å². The number of esters is 1. The van der Waals surface area contributed by atoms with Crippen LogP contribution < -0.4 is 10.3 Å². The third-order valence-corrected chi connectivity index (χ3v) is 5.55. The van der Waals surface area contributed by atoms with Gasteiger partial charge in [-0.2, -0.15) is 0 Å². The molecule has 4 rings (SSSR count). The number of fused-ring (bicyclic) bond motifs is 1. The SMILES string of the molecule is CCOC(=O)c1cn(-c2cnccn2)c2cc(N3C[C@@H](F)C[C@H]3CO)c(Cl)cc2c1=O. The van der Waals surface area contributed by atoms with E-state index in [0.717, 1.165) is 0 Å². The van der Waals surface area contributed by atoms with Gasteiger partial charge in [0.2, 0.25) is 5.43 Å². The number of hydrogen-bond donors (Lipinski definition) is 1. The molecule has 1 N–H and O–H groups in total.